The fourth-order valence-corrected chi connectivity index (χ4v) is 4.91. The summed E-state index contributed by atoms with van der Waals surface area (Å²) in [5, 5.41) is 43.5. The SMILES string of the molecule is Cc1c(C#N)c(Nc2ccccc2)nc(NCC(C)O)c1/N=N/c1ccc(S(=O)(=O)CCN(C)CCO)cc1. The van der Waals surface area contributed by atoms with Gasteiger partial charge in [-0.15, -0.1) is 5.11 Å². The van der Waals surface area contributed by atoms with E-state index in [0.29, 0.717) is 47.2 Å². The van der Waals surface area contributed by atoms with E-state index in [-0.39, 0.29) is 23.8 Å². The normalized spacial score (nSPS) is 12.4. The molecule has 0 aliphatic heterocycles. The van der Waals surface area contributed by atoms with Crippen LogP contribution in [-0.2, 0) is 9.84 Å². The fraction of sp³-hybridized carbons (Fsp3) is 0.333. The lowest BCUT2D eigenvalue weighted by Gasteiger charge is -2.16. The summed E-state index contributed by atoms with van der Waals surface area (Å²) in [6, 6.07) is 17.5. The number of nitrogens with zero attached hydrogens (tertiary/aromatic N) is 5. The van der Waals surface area contributed by atoms with Gasteiger partial charge in [-0.05, 0) is 57.3 Å². The highest BCUT2D eigenvalue weighted by atomic mass is 32.2. The van der Waals surface area contributed by atoms with Crippen LogP contribution in [0.2, 0.25) is 0 Å². The minimum Gasteiger partial charge on any atom is -0.395 e. The van der Waals surface area contributed by atoms with E-state index < -0.39 is 15.9 Å². The topological polar surface area (TPSA) is 163 Å². The summed E-state index contributed by atoms with van der Waals surface area (Å²) in [6.07, 6.45) is -0.656. The van der Waals surface area contributed by atoms with Crippen LogP contribution in [0.4, 0.5) is 28.7 Å². The lowest BCUT2D eigenvalue weighted by Crippen LogP contribution is -2.28. The summed E-state index contributed by atoms with van der Waals surface area (Å²) < 4.78 is 25.3. The Bertz CT molecular complexity index is 1420. The summed E-state index contributed by atoms with van der Waals surface area (Å²) in [5.41, 5.74) is 2.33. The maximum Gasteiger partial charge on any atom is 0.179 e. The molecular formula is C27H33N7O4S. The number of nitrogens with one attached hydrogen (secondary N) is 2. The molecule has 0 aliphatic carbocycles. The third kappa shape index (κ3) is 8.30. The summed E-state index contributed by atoms with van der Waals surface area (Å²) in [5.74, 6) is 0.599. The Morgan fingerprint density at radius 1 is 1.08 bits per heavy atom. The Labute approximate surface area is 228 Å². The number of aliphatic hydroxyl groups is 2. The number of rotatable bonds is 13. The van der Waals surface area contributed by atoms with E-state index in [1.165, 1.54) is 12.1 Å². The number of aliphatic hydroxyl groups excluding tert-OH is 2. The Hall–Kier alpha value is -3.89. The molecule has 12 heteroatoms. The predicted octanol–water partition coefficient (Wildman–Crippen LogP) is 3.91. The first-order valence-electron chi connectivity index (χ1n) is 12.4. The molecule has 2 aromatic carbocycles. The van der Waals surface area contributed by atoms with Crippen molar-refractivity contribution < 1.29 is 18.6 Å². The third-order valence-electron chi connectivity index (χ3n) is 5.81. The van der Waals surface area contributed by atoms with E-state index in [1.807, 2.05) is 30.3 Å². The zero-order chi connectivity index (χ0) is 28.4. The highest BCUT2D eigenvalue weighted by Gasteiger charge is 2.19. The van der Waals surface area contributed by atoms with Crippen LogP contribution in [0.3, 0.4) is 0 Å². The Morgan fingerprint density at radius 2 is 1.77 bits per heavy atom. The Balaban J connectivity index is 1.89. The first-order chi connectivity index (χ1) is 18.6. The van der Waals surface area contributed by atoms with Crippen LogP contribution in [0, 0.1) is 18.3 Å². The predicted molar refractivity (Wildman–Crippen MR) is 151 cm³/mol. The van der Waals surface area contributed by atoms with Crippen molar-refractivity contribution >= 4 is 38.5 Å². The molecule has 39 heavy (non-hydrogen) atoms. The third-order valence-corrected chi connectivity index (χ3v) is 7.52. The van der Waals surface area contributed by atoms with Gasteiger partial charge in [-0.25, -0.2) is 13.4 Å². The molecule has 0 saturated carbocycles. The van der Waals surface area contributed by atoms with Crippen LogP contribution < -0.4 is 10.6 Å². The largest absolute Gasteiger partial charge is 0.395 e. The van der Waals surface area contributed by atoms with Crippen LogP contribution in [0.15, 0.2) is 69.7 Å². The summed E-state index contributed by atoms with van der Waals surface area (Å²) in [7, 11) is -1.76. The number of anilines is 3. The van der Waals surface area contributed by atoms with E-state index in [9.17, 15) is 18.8 Å². The highest BCUT2D eigenvalue weighted by molar-refractivity contribution is 7.91. The first kappa shape index (κ1) is 29.7. The minimum atomic E-state index is -3.51. The number of pyridine rings is 1. The maximum absolute atomic E-state index is 12.7. The van der Waals surface area contributed by atoms with Crippen LogP contribution in [0.25, 0.3) is 0 Å². The molecule has 0 aliphatic rings. The van der Waals surface area contributed by atoms with Crippen LogP contribution in [-0.4, -0.2) is 73.7 Å². The molecule has 1 heterocycles. The first-order valence-corrected chi connectivity index (χ1v) is 14.0. The summed E-state index contributed by atoms with van der Waals surface area (Å²) in [6.45, 7) is 4.23. The van der Waals surface area contributed by atoms with Crippen molar-refractivity contribution in [2.75, 3.05) is 49.7 Å². The van der Waals surface area contributed by atoms with Crippen molar-refractivity contribution in [3.63, 3.8) is 0 Å². The van der Waals surface area contributed by atoms with Gasteiger partial charge in [-0.1, -0.05) is 18.2 Å². The highest BCUT2D eigenvalue weighted by Crippen LogP contribution is 2.36. The molecular weight excluding hydrogens is 518 g/mol. The molecule has 4 N–H and O–H groups in total. The van der Waals surface area contributed by atoms with Crippen molar-refractivity contribution in [2.45, 2.75) is 24.8 Å². The van der Waals surface area contributed by atoms with Gasteiger partial charge in [-0.3, -0.25) is 0 Å². The number of sulfone groups is 1. The second-order valence-corrected chi connectivity index (χ2v) is 11.1. The second kappa shape index (κ2) is 13.8. The van der Waals surface area contributed by atoms with Gasteiger partial charge in [0.2, 0.25) is 0 Å². The Kier molecular flexibility index (Phi) is 10.5. The van der Waals surface area contributed by atoms with Crippen LogP contribution >= 0.6 is 0 Å². The van der Waals surface area contributed by atoms with Gasteiger partial charge >= 0.3 is 0 Å². The zero-order valence-corrected chi connectivity index (χ0v) is 23.0. The van der Waals surface area contributed by atoms with Gasteiger partial charge in [0, 0.05) is 30.9 Å². The number of hydrogen-bond acceptors (Lipinski definition) is 11. The lowest BCUT2D eigenvalue weighted by atomic mass is 10.1. The number of likely N-dealkylation sites (N-methyl/N-ethyl adjacent to an activating group) is 1. The molecule has 0 radical (unpaired) electrons. The molecule has 1 aromatic heterocycles. The van der Waals surface area contributed by atoms with E-state index in [2.05, 4.69) is 31.9 Å². The standard InChI is InChI=1S/C27H33N7O4S/c1-19(36)18-29-27-25(20(2)24(17-28)26(31-27)30-21-7-5-4-6-8-21)33-32-22-9-11-23(12-10-22)39(37,38)16-14-34(3)13-15-35/h4-12,19,35-36H,13-16,18H2,1-3H3,(H2,29,30,31)/b33-32+. The number of nitriles is 1. The molecule has 0 bridgehead atoms. The quantitative estimate of drug-likeness (QED) is 0.231. The average Bonchev–Trinajstić information content (AvgIpc) is 2.91. The van der Waals surface area contributed by atoms with Crippen molar-refractivity contribution in [2.24, 2.45) is 10.2 Å². The number of azo groups is 1. The number of aromatic nitrogens is 1. The maximum atomic E-state index is 12.7. The molecule has 0 saturated heterocycles. The lowest BCUT2D eigenvalue weighted by molar-refractivity contribution is 0.208. The van der Waals surface area contributed by atoms with Gasteiger partial charge in [-0.2, -0.15) is 10.4 Å². The van der Waals surface area contributed by atoms with Crippen LogP contribution in [0.5, 0.6) is 0 Å². The number of hydrogen-bond donors (Lipinski definition) is 4. The van der Waals surface area contributed by atoms with E-state index in [0.717, 1.165) is 5.69 Å². The van der Waals surface area contributed by atoms with Crippen molar-refractivity contribution in [1.82, 2.24) is 9.88 Å². The summed E-state index contributed by atoms with van der Waals surface area (Å²) in [4.78, 5) is 6.48. The molecule has 0 spiro atoms. The molecule has 0 amide bonds. The van der Waals surface area contributed by atoms with Gasteiger partial charge in [0.05, 0.1) is 34.6 Å². The average molecular weight is 552 g/mol. The monoisotopic (exact) mass is 551 g/mol. The molecule has 1 unspecified atom stereocenters. The van der Waals surface area contributed by atoms with Gasteiger partial charge in [0.25, 0.3) is 0 Å². The van der Waals surface area contributed by atoms with E-state index in [4.69, 9.17) is 5.11 Å². The van der Waals surface area contributed by atoms with Gasteiger partial charge in [0.1, 0.15) is 11.8 Å². The number of benzene rings is 2. The van der Waals surface area contributed by atoms with Crippen LogP contribution in [0.1, 0.15) is 18.1 Å². The van der Waals surface area contributed by atoms with Gasteiger partial charge in [0.15, 0.2) is 21.5 Å². The van der Waals surface area contributed by atoms with Crippen molar-refractivity contribution in [1.29, 1.82) is 5.26 Å². The van der Waals surface area contributed by atoms with E-state index >= 15 is 0 Å². The molecule has 0 fully saturated rings. The molecule has 1 atom stereocenters. The number of para-hydroxylation sites is 1. The fourth-order valence-electron chi connectivity index (χ4n) is 3.57. The van der Waals surface area contributed by atoms with E-state index in [1.54, 1.807) is 37.9 Å². The molecule has 11 nitrogen and oxygen atoms in total. The molecule has 206 valence electrons. The zero-order valence-electron chi connectivity index (χ0n) is 22.2. The molecule has 3 rings (SSSR count). The second-order valence-electron chi connectivity index (χ2n) is 9.03. The van der Waals surface area contributed by atoms with Crippen molar-refractivity contribution in [3.8, 4) is 6.07 Å². The minimum absolute atomic E-state index is 0.0381. The Morgan fingerprint density at radius 3 is 2.38 bits per heavy atom. The smallest absolute Gasteiger partial charge is 0.179 e. The van der Waals surface area contributed by atoms with Gasteiger partial charge < -0.3 is 25.7 Å². The summed E-state index contributed by atoms with van der Waals surface area (Å²) >= 11 is 0. The molecule has 3 aromatic rings. The van der Waals surface area contributed by atoms with Crippen molar-refractivity contribution in [3.05, 3.63) is 65.7 Å².